The van der Waals surface area contributed by atoms with E-state index in [1.54, 1.807) is 20.1 Å². The Balaban J connectivity index is 2.77. The lowest BCUT2D eigenvalue weighted by molar-refractivity contribution is 0.185. The predicted molar refractivity (Wildman–Crippen MR) is 57.9 cm³/mol. The van der Waals surface area contributed by atoms with Gasteiger partial charge in [-0.25, -0.2) is 0 Å². The van der Waals surface area contributed by atoms with Crippen molar-refractivity contribution >= 4 is 11.0 Å². The molecule has 3 nitrogen and oxygen atoms in total. The smallest absolute Gasteiger partial charge is 0.195 e. The van der Waals surface area contributed by atoms with E-state index in [1.807, 2.05) is 12.1 Å². The second kappa shape index (κ2) is 3.87. The molecule has 15 heavy (non-hydrogen) atoms. The van der Waals surface area contributed by atoms with Gasteiger partial charge < -0.3 is 9.15 Å². The molecule has 0 unspecified atom stereocenters. The molecule has 1 aromatic heterocycles. The van der Waals surface area contributed by atoms with Crippen molar-refractivity contribution in [3.8, 4) is 0 Å². The van der Waals surface area contributed by atoms with Gasteiger partial charge in [0.05, 0.1) is 18.3 Å². The zero-order valence-electron chi connectivity index (χ0n) is 8.74. The van der Waals surface area contributed by atoms with Gasteiger partial charge in [0.25, 0.3) is 0 Å². The summed E-state index contributed by atoms with van der Waals surface area (Å²) in [6.45, 7) is 2.19. The van der Waals surface area contributed by atoms with Crippen LogP contribution in [0.3, 0.4) is 0 Å². The number of rotatable bonds is 2. The van der Waals surface area contributed by atoms with Gasteiger partial charge in [0.2, 0.25) is 0 Å². The molecule has 0 atom stereocenters. The largest absolute Gasteiger partial charge is 0.463 e. The summed E-state index contributed by atoms with van der Waals surface area (Å²) in [5.41, 5.74) is 2.16. The quantitative estimate of drug-likeness (QED) is 0.753. The van der Waals surface area contributed by atoms with Crippen molar-refractivity contribution in [3.05, 3.63) is 45.8 Å². The van der Waals surface area contributed by atoms with Gasteiger partial charge in [-0.3, -0.25) is 4.79 Å². The zero-order valence-corrected chi connectivity index (χ0v) is 8.74. The Morgan fingerprint density at radius 2 is 2.20 bits per heavy atom. The number of hydrogen-bond acceptors (Lipinski definition) is 3. The van der Waals surface area contributed by atoms with Crippen LogP contribution in [0.5, 0.6) is 0 Å². The summed E-state index contributed by atoms with van der Waals surface area (Å²) in [5, 5.41) is 0.615. The number of ether oxygens (including phenoxy) is 1. The third kappa shape index (κ3) is 1.66. The van der Waals surface area contributed by atoms with E-state index in [-0.39, 0.29) is 5.43 Å². The highest BCUT2D eigenvalue weighted by Gasteiger charge is 2.07. The number of methoxy groups -OCH3 is 1. The minimum atomic E-state index is 0.0224. The Labute approximate surface area is 87.3 Å². The van der Waals surface area contributed by atoms with Crippen LogP contribution in [0.25, 0.3) is 11.0 Å². The molecule has 0 aliphatic carbocycles. The van der Waals surface area contributed by atoms with Crippen LogP contribution in [0.1, 0.15) is 11.1 Å². The lowest BCUT2D eigenvalue weighted by Crippen LogP contribution is -2.05. The van der Waals surface area contributed by atoms with Crippen LogP contribution < -0.4 is 5.43 Å². The van der Waals surface area contributed by atoms with E-state index < -0.39 is 0 Å². The molecule has 0 N–H and O–H groups in total. The van der Waals surface area contributed by atoms with Gasteiger partial charge in [0.1, 0.15) is 5.58 Å². The van der Waals surface area contributed by atoms with Crippen molar-refractivity contribution in [3.63, 3.8) is 0 Å². The number of para-hydroxylation sites is 1. The Morgan fingerprint density at radius 3 is 2.93 bits per heavy atom. The molecule has 3 heteroatoms. The first kappa shape index (κ1) is 9.93. The lowest BCUT2D eigenvalue weighted by Gasteiger charge is -2.04. The highest BCUT2D eigenvalue weighted by Crippen LogP contribution is 2.17. The molecular weight excluding hydrogens is 192 g/mol. The Kier molecular flexibility index (Phi) is 2.56. The van der Waals surface area contributed by atoms with Gasteiger partial charge in [-0.1, -0.05) is 12.1 Å². The summed E-state index contributed by atoms with van der Waals surface area (Å²) in [6, 6.07) is 5.50. The van der Waals surface area contributed by atoms with Crippen LogP contribution in [0, 0.1) is 6.92 Å². The lowest BCUT2D eigenvalue weighted by atomic mass is 10.1. The van der Waals surface area contributed by atoms with E-state index in [2.05, 4.69) is 0 Å². The minimum absolute atomic E-state index is 0.0224. The van der Waals surface area contributed by atoms with E-state index in [1.165, 1.54) is 6.26 Å². The molecule has 0 bridgehead atoms. The molecule has 0 aliphatic heterocycles. The Bertz CT molecular complexity index is 540. The Morgan fingerprint density at radius 1 is 1.40 bits per heavy atom. The second-order valence-corrected chi connectivity index (χ2v) is 3.47. The summed E-state index contributed by atoms with van der Waals surface area (Å²) >= 11 is 0. The first-order valence-corrected chi connectivity index (χ1v) is 4.73. The predicted octanol–water partition coefficient (Wildman–Crippen LogP) is 2.25. The van der Waals surface area contributed by atoms with Crippen LogP contribution in [0.15, 0.2) is 33.7 Å². The number of fused-ring (bicyclic) bond motifs is 1. The summed E-state index contributed by atoms with van der Waals surface area (Å²) in [5.74, 6) is 0. The third-order valence-corrected chi connectivity index (χ3v) is 2.35. The van der Waals surface area contributed by atoms with Gasteiger partial charge in [0.15, 0.2) is 5.43 Å². The van der Waals surface area contributed by atoms with Crippen molar-refractivity contribution in [1.29, 1.82) is 0 Å². The molecular formula is C12H12O3. The molecule has 2 rings (SSSR count). The molecule has 0 fully saturated rings. The average molecular weight is 204 g/mol. The maximum atomic E-state index is 11.8. The number of hydrogen-bond donors (Lipinski definition) is 0. The van der Waals surface area contributed by atoms with Crippen molar-refractivity contribution in [2.75, 3.05) is 7.11 Å². The number of aryl methyl sites for hydroxylation is 1. The normalized spacial score (nSPS) is 10.8. The van der Waals surface area contributed by atoms with Gasteiger partial charge in [0, 0.05) is 18.2 Å². The molecule has 0 saturated carbocycles. The van der Waals surface area contributed by atoms with Crippen molar-refractivity contribution < 1.29 is 9.15 Å². The first-order valence-electron chi connectivity index (χ1n) is 4.73. The van der Waals surface area contributed by atoms with Gasteiger partial charge >= 0.3 is 0 Å². The third-order valence-electron chi connectivity index (χ3n) is 2.35. The van der Waals surface area contributed by atoms with Crippen LogP contribution >= 0.6 is 0 Å². The van der Waals surface area contributed by atoms with Crippen molar-refractivity contribution in [2.45, 2.75) is 13.5 Å². The van der Waals surface area contributed by atoms with Gasteiger partial charge in [-0.05, 0) is 13.0 Å². The monoisotopic (exact) mass is 204 g/mol. The van der Waals surface area contributed by atoms with Crippen molar-refractivity contribution in [1.82, 2.24) is 0 Å². The molecule has 78 valence electrons. The van der Waals surface area contributed by atoms with Gasteiger partial charge in [-0.2, -0.15) is 0 Å². The second-order valence-electron chi connectivity index (χ2n) is 3.47. The van der Waals surface area contributed by atoms with Crippen LogP contribution in [-0.2, 0) is 11.3 Å². The molecule has 0 saturated heterocycles. The maximum absolute atomic E-state index is 11.8. The molecule has 0 spiro atoms. The van der Waals surface area contributed by atoms with Gasteiger partial charge in [-0.15, -0.1) is 0 Å². The van der Waals surface area contributed by atoms with Crippen LogP contribution in [0.2, 0.25) is 0 Å². The van der Waals surface area contributed by atoms with E-state index in [4.69, 9.17) is 9.15 Å². The maximum Gasteiger partial charge on any atom is 0.195 e. The van der Waals surface area contributed by atoms with E-state index in [9.17, 15) is 4.79 Å². The summed E-state index contributed by atoms with van der Waals surface area (Å²) < 4.78 is 10.5. The zero-order chi connectivity index (χ0) is 10.8. The molecule has 0 radical (unpaired) electrons. The molecule has 2 aromatic rings. The standard InChI is InChI=1S/C12H12O3/c1-8-6-15-12-9(7-14-2)4-3-5-10(12)11(8)13/h3-6H,7H2,1-2H3. The highest BCUT2D eigenvalue weighted by atomic mass is 16.5. The highest BCUT2D eigenvalue weighted by molar-refractivity contribution is 5.79. The molecule has 0 aliphatic rings. The SMILES string of the molecule is COCc1cccc2c(=O)c(C)coc12. The van der Waals surface area contributed by atoms with Crippen LogP contribution in [-0.4, -0.2) is 7.11 Å². The molecule has 0 amide bonds. The Hall–Kier alpha value is -1.61. The fraction of sp³-hybridized carbons (Fsp3) is 0.250. The number of benzene rings is 1. The van der Waals surface area contributed by atoms with E-state index in [0.717, 1.165) is 5.56 Å². The topological polar surface area (TPSA) is 39.4 Å². The first-order chi connectivity index (χ1) is 7.24. The summed E-state index contributed by atoms with van der Waals surface area (Å²) in [6.07, 6.45) is 1.49. The summed E-state index contributed by atoms with van der Waals surface area (Å²) in [4.78, 5) is 11.8. The summed E-state index contributed by atoms with van der Waals surface area (Å²) in [7, 11) is 1.62. The van der Waals surface area contributed by atoms with E-state index in [0.29, 0.717) is 23.1 Å². The average Bonchev–Trinajstić information content (AvgIpc) is 2.25. The molecule has 1 heterocycles. The fourth-order valence-corrected chi connectivity index (χ4v) is 1.59. The van der Waals surface area contributed by atoms with Crippen molar-refractivity contribution in [2.24, 2.45) is 0 Å². The van der Waals surface area contributed by atoms with E-state index >= 15 is 0 Å². The molecule has 1 aromatic carbocycles. The fourth-order valence-electron chi connectivity index (χ4n) is 1.59. The minimum Gasteiger partial charge on any atom is -0.463 e. The van der Waals surface area contributed by atoms with Crippen LogP contribution in [0.4, 0.5) is 0 Å².